The first-order valence-corrected chi connectivity index (χ1v) is 10.5. The van der Waals surface area contributed by atoms with E-state index in [0.717, 1.165) is 11.3 Å². The lowest BCUT2D eigenvalue weighted by molar-refractivity contribution is 0.0506. The van der Waals surface area contributed by atoms with Crippen LogP contribution in [0.2, 0.25) is 0 Å². The highest BCUT2D eigenvalue weighted by Gasteiger charge is 2.28. The van der Waals surface area contributed by atoms with Crippen molar-refractivity contribution >= 4 is 50.1 Å². The summed E-state index contributed by atoms with van der Waals surface area (Å²) in [5.74, 6) is -1.65. The van der Waals surface area contributed by atoms with Gasteiger partial charge in [0.1, 0.15) is 9.88 Å². The maximum Gasteiger partial charge on any atom is 0.348 e. The molecule has 1 amide bonds. The zero-order valence-corrected chi connectivity index (χ0v) is 18.5. The summed E-state index contributed by atoms with van der Waals surface area (Å²) < 4.78 is 12.4. The summed E-state index contributed by atoms with van der Waals surface area (Å²) in [6, 6.07) is 0. The van der Waals surface area contributed by atoms with E-state index < -0.39 is 17.8 Å². The van der Waals surface area contributed by atoms with Crippen molar-refractivity contribution < 1.29 is 23.9 Å². The molecule has 0 fully saturated rings. The van der Waals surface area contributed by atoms with Gasteiger partial charge in [-0.15, -0.1) is 11.3 Å². The number of halogens is 1. The normalized spacial score (nSPS) is 10.6. The Morgan fingerprint density at radius 3 is 2.50 bits per heavy atom. The lowest BCUT2D eigenvalue weighted by Crippen LogP contribution is -2.16. The largest absolute Gasteiger partial charge is 0.462 e. The molecule has 2 aromatic rings. The predicted octanol–water partition coefficient (Wildman–Crippen LogP) is 4.03. The standard InChI is InChI=1S/C18H22BrN3O5S/c1-5-8-27-17(24)12-10(4)14(18(25)26-7-3)28-16(12)20-15(23)13-11(19)9-22(6-2)21-13/h9H,5-8H2,1-4H3,(H,20,23). The fourth-order valence-electron chi connectivity index (χ4n) is 2.38. The van der Waals surface area contributed by atoms with E-state index in [-0.39, 0.29) is 34.3 Å². The Bertz CT molecular complexity index is 890. The third-order valence-corrected chi connectivity index (χ3v) is 5.50. The Morgan fingerprint density at radius 1 is 1.21 bits per heavy atom. The number of carbonyl (C=O) groups is 3. The van der Waals surface area contributed by atoms with Crippen LogP contribution in [0.5, 0.6) is 0 Å². The fourth-order valence-corrected chi connectivity index (χ4v) is 3.96. The SMILES string of the molecule is CCCOC(=O)c1c(NC(=O)c2nn(CC)cc2Br)sc(C(=O)OCC)c1C. The highest BCUT2D eigenvalue weighted by Crippen LogP contribution is 2.35. The number of nitrogens with one attached hydrogen (secondary N) is 1. The Hall–Kier alpha value is -2.20. The third-order valence-electron chi connectivity index (χ3n) is 3.73. The number of aryl methyl sites for hydroxylation is 1. The highest BCUT2D eigenvalue weighted by atomic mass is 79.9. The molecule has 0 atom stereocenters. The number of ether oxygens (including phenoxy) is 2. The van der Waals surface area contributed by atoms with Crippen molar-refractivity contribution in [2.75, 3.05) is 18.5 Å². The van der Waals surface area contributed by atoms with Gasteiger partial charge in [0, 0.05) is 12.7 Å². The first kappa shape index (κ1) is 22.1. The number of esters is 2. The molecule has 8 nitrogen and oxygen atoms in total. The van der Waals surface area contributed by atoms with Gasteiger partial charge in [-0.2, -0.15) is 5.10 Å². The van der Waals surface area contributed by atoms with Gasteiger partial charge in [0.05, 0.1) is 23.2 Å². The van der Waals surface area contributed by atoms with Crippen LogP contribution in [-0.2, 0) is 16.0 Å². The number of hydrogen-bond donors (Lipinski definition) is 1. The molecule has 0 saturated heterocycles. The molecule has 2 rings (SSSR count). The second-order valence-electron chi connectivity index (χ2n) is 5.75. The van der Waals surface area contributed by atoms with E-state index in [1.807, 2.05) is 13.8 Å². The van der Waals surface area contributed by atoms with Crippen LogP contribution >= 0.6 is 27.3 Å². The molecule has 0 spiro atoms. The summed E-state index contributed by atoms with van der Waals surface area (Å²) in [6.45, 7) is 8.15. The lowest BCUT2D eigenvalue weighted by Gasteiger charge is -2.07. The molecule has 0 saturated carbocycles. The fraction of sp³-hybridized carbons (Fsp3) is 0.444. The predicted molar refractivity (Wildman–Crippen MR) is 109 cm³/mol. The minimum atomic E-state index is -0.598. The summed E-state index contributed by atoms with van der Waals surface area (Å²) >= 11 is 4.29. The number of nitrogens with zero attached hydrogens (tertiary/aromatic N) is 2. The lowest BCUT2D eigenvalue weighted by atomic mass is 10.1. The molecule has 152 valence electrons. The van der Waals surface area contributed by atoms with Crippen molar-refractivity contribution in [1.29, 1.82) is 0 Å². The van der Waals surface area contributed by atoms with Gasteiger partial charge in [0.25, 0.3) is 5.91 Å². The van der Waals surface area contributed by atoms with Gasteiger partial charge in [0.15, 0.2) is 5.69 Å². The molecule has 0 radical (unpaired) electrons. The molecule has 28 heavy (non-hydrogen) atoms. The molecule has 1 N–H and O–H groups in total. The Balaban J connectivity index is 2.41. The minimum absolute atomic E-state index is 0.154. The molecular formula is C18H22BrN3O5S. The highest BCUT2D eigenvalue weighted by molar-refractivity contribution is 9.10. The zero-order valence-electron chi connectivity index (χ0n) is 16.1. The number of rotatable bonds is 8. The van der Waals surface area contributed by atoms with E-state index in [1.165, 1.54) is 0 Å². The molecule has 0 unspecified atom stereocenters. The van der Waals surface area contributed by atoms with Crippen LogP contribution in [-0.4, -0.2) is 40.8 Å². The molecule has 2 heterocycles. The van der Waals surface area contributed by atoms with Crippen molar-refractivity contribution in [3.63, 3.8) is 0 Å². The second-order valence-corrected chi connectivity index (χ2v) is 7.63. The molecule has 0 aliphatic carbocycles. The van der Waals surface area contributed by atoms with E-state index in [0.29, 0.717) is 23.0 Å². The second kappa shape index (κ2) is 9.83. The monoisotopic (exact) mass is 471 g/mol. The summed E-state index contributed by atoms with van der Waals surface area (Å²) in [4.78, 5) is 37.7. The van der Waals surface area contributed by atoms with Crippen LogP contribution in [0.1, 0.15) is 63.3 Å². The maximum absolute atomic E-state index is 12.7. The summed E-state index contributed by atoms with van der Waals surface area (Å²) in [5, 5.41) is 7.11. The van der Waals surface area contributed by atoms with Crippen molar-refractivity contribution in [3.8, 4) is 0 Å². The van der Waals surface area contributed by atoms with Crippen LogP contribution < -0.4 is 5.32 Å². The molecule has 2 aromatic heterocycles. The first-order chi connectivity index (χ1) is 13.3. The van der Waals surface area contributed by atoms with Gasteiger partial charge >= 0.3 is 11.9 Å². The summed E-state index contributed by atoms with van der Waals surface area (Å²) in [7, 11) is 0. The third kappa shape index (κ3) is 4.79. The smallest absolute Gasteiger partial charge is 0.348 e. The van der Waals surface area contributed by atoms with E-state index >= 15 is 0 Å². The van der Waals surface area contributed by atoms with Crippen molar-refractivity contribution in [3.05, 3.63) is 32.4 Å². The average Bonchev–Trinajstić information content (AvgIpc) is 3.19. The van der Waals surface area contributed by atoms with Gasteiger partial charge in [-0.3, -0.25) is 9.48 Å². The van der Waals surface area contributed by atoms with Crippen molar-refractivity contribution in [2.24, 2.45) is 0 Å². The van der Waals surface area contributed by atoms with Crippen LogP contribution in [0, 0.1) is 6.92 Å². The van der Waals surface area contributed by atoms with Gasteiger partial charge in [-0.1, -0.05) is 6.92 Å². The van der Waals surface area contributed by atoms with Crippen LogP contribution in [0.15, 0.2) is 10.7 Å². The van der Waals surface area contributed by atoms with Crippen LogP contribution in [0.3, 0.4) is 0 Å². The van der Waals surface area contributed by atoms with E-state index in [2.05, 4.69) is 26.3 Å². The molecule has 0 aliphatic heterocycles. The van der Waals surface area contributed by atoms with Gasteiger partial charge in [0.2, 0.25) is 0 Å². The van der Waals surface area contributed by atoms with Gasteiger partial charge in [-0.05, 0) is 48.7 Å². The number of anilines is 1. The number of hydrogen-bond acceptors (Lipinski definition) is 7. The van der Waals surface area contributed by atoms with E-state index in [4.69, 9.17) is 9.47 Å². The van der Waals surface area contributed by atoms with Gasteiger partial charge in [-0.25, -0.2) is 9.59 Å². The number of aromatic nitrogens is 2. The number of thiophene rings is 1. The number of carbonyl (C=O) groups excluding carboxylic acids is 3. The van der Waals surface area contributed by atoms with Crippen LogP contribution in [0.25, 0.3) is 0 Å². The summed E-state index contributed by atoms with van der Waals surface area (Å²) in [6.07, 6.45) is 2.35. The Kier molecular flexibility index (Phi) is 7.76. The zero-order chi connectivity index (χ0) is 20.8. The first-order valence-electron chi connectivity index (χ1n) is 8.85. The molecular weight excluding hydrogens is 450 g/mol. The van der Waals surface area contributed by atoms with E-state index in [9.17, 15) is 14.4 Å². The minimum Gasteiger partial charge on any atom is -0.462 e. The quantitative estimate of drug-likeness (QED) is 0.583. The van der Waals surface area contributed by atoms with Crippen molar-refractivity contribution in [2.45, 2.75) is 40.7 Å². The molecule has 0 aliphatic rings. The summed E-state index contributed by atoms with van der Waals surface area (Å²) in [5.41, 5.74) is 0.748. The Morgan fingerprint density at radius 2 is 1.93 bits per heavy atom. The topological polar surface area (TPSA) is 99.5 Å². The van der Waals surface area contributed by atoms with Crippen LogP contribution in [0.4, 0.5) is 5.00 Å². The van der Waals surface area contributed by atoms with Gasteiger partial charge < -0.3 is 14.8 Å². The average molecular weight is 472 g/mol. The van der Waals surface area contributed by atoms with E-state index in [1.54, 1.807) is 24.7 Å². The molecule has 0 bridgehead atoms. The Labute approximate surface area is 175 Å². The molecule has 10 heteroatoms. The number of amides is 1. The molecule has 0 aromatic carbocycles. The van der Waals surface area contributed by atoms with Crippen molar-refractivity contribution in [1.82, 2.24) is 9.78 Å². The maximum atomic E-state index is 12.7.